The van der Waals surface area contributed by atoms with E-state index in [1.807, 2.05) is 50.2 Å². The highest BCUT2D eigenvalue weighted by Crippen LogP contribution is 2.20. The molecule has 0 spiro atoms. The van der Waals surface area contributed by atoms with Crippen molar-refractivity contribution in [3.63, 3.8) is 0 Å². The highest BCUT2D eigenvalue weighted by atomic mass is 32.1. The van der Waals surface area contributed by atoms with Gasteiger partial charge in [0.2, 0.25) is 5.95 Å². The first-order chi connectivity index (χ1) is 11.1. The van der Waals surface area contributed by atoms with Gasteiger partial charge < -0.3 is 10.6 Å². The molecule has 116 valence electrons. The van der Waals surface area contributed by atoms with Crippen molar-refractivity contribution in [2.24, 2.45) is 0 Å². The first-order valence-corrected chi connectivity index (χ1v) is 7.89. The minimum Gasteiger partial charge on any atom is -0.321 e. The monoisotopic (exact) mass is 325 g/mol. The molecular weight excluding hydrogens is 310 g/mol. The third kappa shape index (κ3) is 3.89. The highest BCUT2D eigenvalue weighted by Gasteiger charge is 2.12. The highest BCUT2D eigenvalue weighted by molar-refractivity contribution is 7.14. The van der Waals surface area contributed by atoms with Crippen LogP contribution in [0.5, 0.6) is 0 Å². The number of carbonyl (C=O) groups excluding carboxylic acids is 1. The number of aryl methyl sites for hydroxylation is 2. The molecule has 1 amide bonds. The van der Waals surface area contributed by atoms with Gasteiger partial charge in [0.25, 0.3) is 5.91 Å². The summed E-state index contributed by atoms with van der Waals surface area (Å²) < 4.78 is 0. The van der Waals surface area contributed by atoms with Crippen LogP contribution >= 0.6 is 11.3 Å². The van der Waals surface area contributed by atoms with Crippen molar-refractivity contribution in [1.29, 1.82) is 0 Å². The molecule has 23 heavy (non-hydrogen) atoms. The smallest absolute Gasteiger partial charge is 0.275 e. The van der Waals surface area contributed by atoms with E-state index in [4.69, 9.17) is 0 Å². The lowest BCUT2D eigenvalue weighted by Crippen LogP contribution is -2.12. The summed E-state index contributed by atoms with van der Waals surface area (Å²) in [6.07, 6.45) is 0. The molecule has 0 saturated carbocycles. The summed E-state index contributed by atoms with van der Waals surface area (Å²) in [5, 5.41) is 8.10. The SMILES string of the molecule is Cc1cc(C)nc(Nc2nc(C(=O)Nc3ccccc3)cs2)n1. The van der Waals surface area contributed by atoms with Crippen LogP contribution in [0.15, 0.2) is 41.8 Å². The van der Waals surface area contributed by atoms with Crippen LogP contribution in [0.4, 0.5) is 16.8 Å². The van der Waals surface area contributed by atoms with Crippen LogP contribution in [0.25, 0.3) is 0 Å². The van der Waals surface area contributed by atoms with E-state index in [1.54, 1.807) is 5.38 Å². The Balaban J connectivity index is 1.71. The van der Waals surface area contributed by atoms with E-state index in [9.17, 15) is 4.79 Å². The van der Waals surface area contributed by atoms with Crippen LogP contribution < -0.4 is 10.6 Å². The number of aromatic nitrogens is 3. The quantitative estimate of drug-likeness (QED) is 0.767. The molecule has 0 radical (unpaired) electrons. The van der Waals surface area contributed by atoms with Crippen molar-refractivity contribution >= 4 is 34.0 Å². The number of rotatable bonds is 4. The summed E-state index contributed by atoms with van der Waals surface area (Å²) in [6, 6.07) is 11.2. The van der Waals surface area contributed by atoms with Crippen molar-refractivity contribution in [3.05, 3.63) is 58.9 Å². The first kappa shape index (κ1) is 15.1. The predicted molar refractivity (Wildman–Crippen MR) is 91.3 cm³/mol. The Morgan fingerprint density at radius 2 is 1.74 bits per heavy atom. The normalized spacial score (nSPS) is 10.3. The molecule has 2 heterocycles. The van der Waals surface area contributed by atoms with E-state index < -0.39 is 0 Å². The molecule has 0 aliphatic carbocycles. The topological polar surface area (TPSA) is 79.8 Å². The average Bonchev–Trinajstić information content (AvgIpc) is 2.96. The Labute approximate surface area is 137 Å². The van der Waals surface area contributed by atoms with Gasteiger partial charge in [-0.1, -0.05) is 18.2 Å². The van der Waals surface area contributed by atoms with Crippen molar-refractivity contribution < 1.29 is 4.79 Å². The van der Waals surface area contributed by atoms with Gasteiger partial charge in [-0.25, -0.2) is 15.0 Å². The summed E-state index contributed by atoms with van der Waals surface area (Å²) in [6.45, 7) is 3.81. The summed E-state index contributed by atoms with van der Waals surface area (Å²) in [5.41, 5.74) is 2.83. The van der Waals surface area contributed by atoms with Crippen LogP contribution in [-0.2, 0) is 0 Å². The lowest BCUT2D eigenvalue weighted by Gasteiger charge is -2.03. The summed E-state index contributed by atoms with van der Waals surface area (Å²) in [5.74, 6) is 0.230. The van der Waals surface area contributed by atoms with Crippen molar-refractivity contribution in [2.75, 3.05) is 10.6 Å². The molecule has 0 bridgehead atoms. The zero-order valence-electron chi connectivity index (χ0n) is 12.7. The largest absolute Gasteiger partial charge is 0.321 e. The van der Waals surface area contributed by atoms with Gasteiger partial charge in [0.15, 0.2) is 5.13 Å². The fourth-order valence-corrected chi connectivity index (χ4v) is 2.71. The molecule has 3 rings (SSSR count). The molecule has 0 aliphatic heterocycles. The maximum atomic E-state index is 12.2. The number of thiazole rings is 1. The fourth-order valence-electron chi connectivity index (χ4n) is 2.03. The van der Waals surface area contributed by atoms with Crippen molar-refractivity contribution in [2.45, 2.75) is 13.8 Å². The van der Waals surface area contributed by atoms with Gasteiger partial charge in [0.1, 0.15) is 5.69 Å². The van der Waals surface area contributed by atoms with Crippen LogP contribution in [0.1, 0.15) is 21.9 Å². The van der Waals surface area contributed by atoms with Crippen molar-refractivity contribution in [1.82, 2.24) is 15.0 Å². The summed E-state index contributed by atoms with van der Waals surface area (Å²) in [4.78, 5) is 25.0. The zero-order chi connectivity index (χ0) is 16.2. The maximum Gasteiger partial charge on any atom is 0.275 e. The number of carbonyl (C=O) groups is 1. The third-order valence-corrected chi connectivity index (χ3v) is 3.73. The Kier molecular flexibility index (Phi) is 4.29. The van der Waals surface area contributed by atoms with Crippen molar-refractivity contribution in [3.8, 4) is 0 Å². The lowest BCUT2D eigenvalue weighted by atomic mass is 10.3. The third-order valence-electron chi connectivity index (χ3n) is 2.97. The van der Waals surface area contributed by atoms with Gasteiger partial charge >= 0.3 is 0 Å². The molecule has 0 unspecified atom stereocenters. The van der Waals surface area contributed by atoms with E-state index in [1.165, 1.54) is 11.3 Å². The molecule has 2 N–H and O–H groups in total. The molecule has 0 aliphatic rings. The number of para-hydroxylation sites is 1. The van der Waals surface area contributed by atoms with Gasteiger partial charge in [-0.05, 0) is 32.0 Å². The second-order valence-corrected chi connectivity index (χ2v) is 5.82. The minimum atomic E-state index is -0.248. The molecule has 6 nitrogen and oxygen atoms in total. The second kappa shape index (κ2) is 6.53. The van der Waals surface area contributed by atoms with E-state index in [0.29, 0.717) is 16.8 Å². The van der Waals surface area contributed by atoms with E-state index in [0.717, 1.165) is 17.1 Å². The van der Waals surface area contributed by atoms with E-state index >= 15 is 0 Å². The van der Waals surface area contributed by atoms with Gasteiger partial charge in [-0.2, -0.15) is 0 Å². The summed E-state index contributed by atoms with van der Waals surface area (Å²) in [7, 11) is 0. The van der Waals surface area contributed by atoms with Crippen LogP contribution in [-0.4, -0.2) is 20.9 Å². The number of hydrogen-bond acceptors (Lipinski definition) is 6. The molecule has 2 aromatic heterocycles. The Morgan fingerprint density at radius 1 is 1.04 bits per heavy atom. The van der Waals surface area contributed by atoms with Crippen LogP contribution in [0.3, 0.4) is 0 Å². The van der Waals surface area contributed by atoms with Gasteiger partial charge in [-0.15, -0.1) is 11.3 Å². The Morgan fingerprint density at radius 3 is 2.43 bits per heavy atom. The number of nitrogens with zero attached hydrogens (tertiary/aromatic N) is 3. The number of nitrogens with one attached hydrogen (secondary N) is 2. The van der Waals surface area contributed by atoms with Crippen LogP contribution in [0, 0.1) is 13.8 Å². The molecule has 0 atom stereocenters. The summed E-state index contributed by atoms with van der Waals surface area (Å²) >= 11 is 1.33. The number of hydrogen-bond donors (Lipinski definition) is 2. The molecule has 0 saturated heterocycles. The van der Waals surface area contributed by atoms with Gasteiger partial charge in [-0.3, -0.25) is 4.79 Å². The lowest BCUT2D eigenvalue weighted by molar-refractivity contribution is 0.102. The molecule has 3 aromatic rings. The van der Waals surface area contributed by atoms with Crippen LogP contribution in [0.2, 0.25) is 0 Å². The van der Waals surface area contributed by atoms with Gasteiger partial charge in [0, 0.05) is 22.5 Å². The Hall–Kier alpha value is -2.80. The Bertz CT molecular complexity index is 811. The standard InChI is InChI=1S/C16H15N5OS/c1-10-8-11(2)18-15(17-10)21-16-20-13(9-23-16)14(22)19-12-6-4-3-5-7-12/h3-9H,1-2H3,(H,19,22)(H,17,18,20,21). The molecule has 7 heteroatoms. The average molecular weight is 325 g/mol. The fraction of sp³-hybridized carbons (Fsp3) is 0.125. The minimum absolute atomic E-state index is 0.248. The maximum absolute atomic E-state index is 12.2. The molecular formula is C16H15N5OS. The first-order valence-electron chi connectivity index (χ1n) is 7.01. The number of anilines is 3. The van der Waals surface area contributed by atoms with Gasteiger partial charge in [0.05, 0.1) is 0 Å². The second-order valence-electron chi connectivity index (χ2n) is 4.96. The molecule has 1 aromatic carbocycles. The number of benzene rings is 1. The predicted octanol–water partition coefficient (Wildman–Crippen LogP) is 3.55. The molecule has 0 fully saturated rings. The number of amides is 1. The zero-order valence-corrected chi connectivity index (χ0v) is 13.5. The van der Waals surface area contributed by atoms with E-state index in [-0.39, 0.29) is 5.91 Å². The van der Waals surface area contributed by atoms with E-state index in [2.05, 4.69) is 25.6 Å².